The van der Waals surface area contributed by atoms with Crippen molar-refractivity contribution >= 4 is 23.6 Å². The lowest BCUT2D eigenvalue weighted by Crippen LogP contribution is -2.15. The second-order valence-electron chi connectivity index (χ2n) is 5.01. The first kappa shape index (κ1) is 16.0. The molecule has 0 bridgehead atoms. The van der Waals surface area contributed by atoms with Crippen molar-refractivity contribution in [2.45, 2.75) is 33.6 Å². The number of carboxylic acid groups (broad SMARTS) is 1. The van der Waals surface area contributed by atoms with Crippen LogP contribution in [0.2, 0.25) is 0 Å². The second kappa shape index (κ2) is 7.48. The van der Waals surface area contributed by atoms with Crippen molar-refractivity contribution in [3.8, 4) is 0 Å². The van der Waals surface area contributed by atoms with Crippen LogP contribution in [0.4, 0.5) is 5.69 Å². The minimum atomic E-state index is -0.993. The molecule has 1 atom stereocenters. The van der Waals surface area contributed by atoms with Crippen LogP contribution in [0.5, 0.6) is 0 Å². The molecule has 0 radical (unpaired) electrons. The number of hydrogen-bond acceptors (Lipinski definition) is 2. The van der Waals surface area contributed by atoms with Crippen molar-refractivity contribution in [3.63, 3.8) is 0 Å². The third kappa shape index (κ3) is 5.26. The molecule has 0 aromatic heterocycles. The zero-order valence-electron chi connectivity index (χ0n) is 12.1. The maximum Gasteiger partial charge on any atom is 0.328 e. The van der Waals surface area contributed by atoms with Gasteiger partial charge in [0.1, 0.15) is 0 Å². The summed E-state index contributed by atoms with van der Waals surface area (Å²) in [7, 11) is 0. The molecule has 1 unspecified atom stereocenters. The van der Waals surface area contributed by atoms with Crippen LogP contribution in [0.1, 0.15) is 37.8 Å². The predicted octanol–water partition coefficient (Wildman–Crippen LogP) is 3.47. The molecule has 1 aromatic rings. The van der Waals surface area contributed by atoms with Gasteiger partial charge in [0.2, 0.25) is 5.91 Å². The van der Waals surface area contributed by atoms with Crippen LogP contribution in [0.15, 0.2) is 24.3 Å². The molecule has 0 saturated carbocycles. The SMILES string of the molecule is CCC(C)CC(=O)Nc1cc(/C=C/C(=O)O)ccc1C. The maximum atomic E-state index is 11.9. The monoisotopic (exact) mass is 275 g/mol. The van der Waals surface area contributed by atoms with E-state index in [-0.39, 0.29) is 5.91 Å². The zero-order valence-corrected chi connectivity index (χ0v) is 12.1. The first-order valence-electron chi connectivity index (χ1n) is 6.74. The standard InChI is InChI=1S/C16H21NO3/c1-4-11(2)9-15(18)17-14-10-13(6-5-12(14)3)7-8-16(19)20/h5-8,10-11H,4,9H2,1-3H3,(H,17,18)(H,19,20)/b8-7+. The second-order valence-corrected chi connectivity index (χ2v) is 5.01. The van der Waals surface area contributed by atoms with Crippen LogP contribution < -0.4 is 5.32 Å². The molecular formula is C16H21NO3. The van der Waals surface area contributed by atoms with E-state index < -0.39 is 5.97 Å². The Labute approximate surface area is 119 Å². The molecule has 0 aliphatic carbocycles. The molecular weight excluding hydrogens is 254 g/mol. The molecule has 0 fully saturated rings. The van der Waals surface area contributed by atoms with Gasteiger partial charge in [-0.3, -0.25) is 4.79 Å². The molecule has 1 amide bonds. The number of amides is 1. The minimum Gasteiger partial charge on any atom is -0.478 e. The van der Waals surface area contributed by atoms with Gasteiger partial charge in [-0.25, -0.2) is 4.79 Å². The zero-order chi connectivity index (χ0) is 15.1. The highest BCUT2D eigenvalue weighted by molar-refractivity contribution is 5.92. The summed E-state index contributed by atoms with van der Waals surface area (Å²) in [5, 5.41) is 11.5. The molecule has 0 saturated heterocycles. The quantitative estimate of drug-likeness (QED) is 0.781. The molecule has 4 nitrogen and oxygen atoms in total. The van der Waals surface area contributed by atoms with E-state index in [2.05, 4.69) is 12.2 Å². The van der Waals surface area contributed by atoms with Gasteiger partial charge in [-0.15, -0.1) is 0 Å². The van der Waals surface area contributed by atoms with E-state index >= 15 is 0 Å². The van der Waals surface area contributed by atoms with Gasteiger partial charge in [0, 0.05) is 18.2 Å². The van der Waals surface area contributed by atoms with Gasteiger partial charge < -0.3 is 10.4 Å². The van der Waals surface area contributed by atoms with Gasteiger partial charge in [0.15, 0.2) is 0 Å². The fourth-order valence-corrected chi connectivity index (χ4v) is 1.71. The fraction of sp³-hybridized carbons (Fsp3) is 0.375. The number of aliphatic carboxylic acids is 1. The summed E-state index contributed by atoms with van der Waals surface area (Å²) in [6.45, 7) is 6.00. The lowest BCUT2D eigenvalue weighted by Gasteiger charge is -2.12. The summed E-state index contributed by atoms with van der Waals surface area (Å²) in [5.74, 6) is -0.653. The van der Waals surface area contributed by atoms with E-state index in [1.165, 1.54) is 6.08 Å². The maximum absolute atomic E-state index is 11.9. The minimum absolute atomic E-state index is 0.0122. The van der Waals surface area contributed by atoms with E-state index in [0.717, 1.165) is 29.3 Å². The normalized spacial score (nSPS) is 12.3. The molecule has 0 spiro atoms. The van der Waals surface area contributed by atoms with Crippen LogP contribution in [-0.4, -0.2) is 17.0 Å². The lowest BCUT2D eigenvalue weighted by atomic mass is 10.0. The third-order valence-electron chi connectivity index (χ3n) is 3.18. The molecule has 1 aromatic carbocycles. The molecule has 108 valence electrons. The topological polar surface area (TPSA) is 66.4 Å². The summed E-state index contributed by atoms with van der Waals surface area (Å²) in [4.78, 5) is 22.4. The van der Waals surface area contributed by atoms with Crippen molar-refractivity contribution < 1.29 is 14.7 Å². The Morgan fingerprint density at radius 2 is 2.10 bits per heavy atom. The number of rotatable bonds is 6. The number of benzene rings is 1. The molecule has 0 heterocycles. The van der Waals surface area contributed by atoms with Crippen LogP contribution in [0, 0.1) is 12.8 Å². The lowest BCUT2D eigenvalue weighted by molar-refractivity contribution is -0.131. The summed E-state index contributed by atoms with van der Waals surface area (Å²) in [5.41, 5.74) is 2.43. The van der Waals surface area contributed by atoms with Crippen molar-refractivity contribution in [2.24, 2.45) is 5.92 Å². The smallest absolute Gasteiger partial charge is 0.328 e. The van der Waals surface area contributed by atoms with Gasteiger partial charge in [-0.05, 0) is 36.1 Å². The van der Waals surface area contributed by atoms with E-state index in [4.69, 9.17) is 5.11 Å². The Balaban J connectivity index is 2.81. The third-order valence-corrected chi connectivity index (χ3v) is 3.18. The number of aryl methyl sites for hydroxylation is 1. The summed E-state index contributed by atoms with van der Waals surface area (Å²) >= 11 is 0. The number of nitrogens with one attached hydrogen (secondary N) is 1. The Morgan fingerprint density at radius 3 is 2.70 bits per heavy atom. The van der Waals surface area contributed by atoms with E-state index in [0.29, 0.717) is 12.3 Å². The average Bonchev–Trinajstić information content (AvgIpc) is 2.39. The Morgan fingerprint density at radius 1 is 1.40 bits per heavy atom. The first-order chi connectivity index (χ1) is 9.42. The van der Waals surface area contributed by atoms with E-state index in [1.807, 2.05) is 26.0 Å². The van der Waals surface area contributed by atoms with Gasteiger partial charge in [0.25, 0.3) is 0 Å². The summed E-state index contributed by atoms with van der Waals surface area (Å²) < 4.78 is 0. The molecule has 4 heteroatoms. The Hall–Kier alpha value is -2.10. The van der Waals surface area contributed by atoms with Crippen molar-refractivity contribution in [1.29, 1.82) is 0 Å². The summed E-state index contributed by atoms with van der Waals surface area (Å²) in [6, 6.07) is 5.46. The van der Waals surface area contributed by atoms with E-state index in [9.17, 15) is 9.59 Å². The number of carbonyl (C=O) groups is 2. The number of hydrogen-bond donors (Lipinski definition) is 2. The van der Waals surface area contributed by atoms with Crippen LogP contribution in [0.25, 0.3) is 6.08 Å². The highest BCUT2D eigenvalue weighted by Crippen LogP contribution is 2.19. The molecule has 20 heavy (non-hydrogen) atoms. The largest absolute Gasteiger partial charge is 0.478 e. The predicted molar refractivity (Wildman–Crippen MR) is 80.6 cm³/mol. The van der Waals surface area contributed by atoms with Crippen LogP contribution in [0.3, 0.4) is 0 Å². The van der Waals surface area contributed by atoms with Gasteiger partial charge in [-0.1, -0.05) is 32.4 Å². The van der Waals surface area contributed by atoms with Crippen molar-refractivity contribution in [2.75, 3.05) is 5.32 Å². The fourth-order valence-electron chi connectivity index (χ4n) is 1.71. The number of anilines is 1. The van der Waals surface area contributed by atoms with Crippen LogP contribution in [-0.2, 0) is 9.59 Å². The molecule has 2 N–H and O–H groups in total. The highest BCUT2D eigenvalue weighted by atomic mass is 16.4. The van der Waals surface area contributed by atoms with Crippen molar-refractivity contribution in [1.82, 2.24) is 0 Å². The molecule has 0 aliphatic rings. The van der Waals surface area contributed by atoms with Gasteiger partial charge in [-0.2, -0.15) is 0 Å². The van der Waals surface area contributed by atoms with Gasteiger partial charge in [0.05, 0.1) is 0 Å². The number of carboxylic acids is 1. The number of carbonyl (C=O) groups excluding carboxylic acids is 1. The average molecular weight is 275 g/mol. The Bertz CT molecular complexity index is 520. The summed E-state index contributed by atoms with van der Waals surface area (Å²) in [6.07, 6.45) is 4.04. The van der Waals surface area contributed by atoms with E-state index in [1.54, 1.807) is 6.07 Å². The Kier molecular flexibility index (Phi) is 5.97. The van der Waals surface area contributed by atoms with Gasteiger partial charge >= 0.3 is 5.97 Å². The first-order valence-corrected chi connectivity index (χ1v) is 6.74. The molecule has 0 aliphatic heterocycles. The van der Waals surface area contributed by atoms with Crippen LogP contribution >= 0.6 is 0 Å². The molecule has 1 rings (SSSR count). The van der Waals surface area contributed by atoms with Crippen molar-refractivity contribution in [3.05, 3.63) is 35.4 Å². The highest BCUT2D eigenvalue weighted by Gasteiger charge is 2.09.